The largest absolute Gasteiger partial charge is 0.478 e. The van der Waals surface area contributed by atoms with Crippen molar-refractivity contribution in [3.63, 3.8) is 0 Å². The van der Waals surface area contributed by atoms with Gasteiger partial charge in [0.15, 0.2) is 0 Å². The Morgan fingerprint density at radius 2 is 2.24 bits per heavy atom. The quantitative estimate of drug-likeness (QED) is 0.662. The Labute approximate surface area is 120 Å². The molecule has 0 amide bonds. The van der Waals surface area contributed by atoms with E-state index >= 15 is 0 Å². The van der Waals surface area contributed by atoms with Crippen molar-refractivity contribution in [3.8, 4) is 0 Å². The van der Waals surface area contributed by atoms with E-state index in [0.717, 1.165) is 6.08 Å². The Bertz CT molecular complexity index is 753. The number of hydrogen-bond donors (Lipinski definition) is 3. The minimum atomic E-state index is -3.72. The van der Waals surface area contributed by atoms with Crippen LogP contribution in [0.3, 0.4) is 0 Å². The van der Waals surface area contributed by atoms with Gasteiger partial charge in [-0.15, -0.1) is 0 Å². The fraction of sp³-hybridized carbons (Fsp3) is 0.0833. The number of aromatic nitrogens is 3. The maximum absolute atomic E-state index is 12.1. The van der Waals surface area contributed by atoms with Crippen LogP contribution in [0.4, 0.5) is 0 Å². The summed E-state index contributed by atoms with van der Waals surface area (Å²) in [6, 6.07) is 5.93. The summed E-state index contributed by atoms with van der Waals surface area (Å²) in [5, 5.41) is 14.7. The second-order valence-corrected chi connectivity index (χ2v) is 5.77. The van der Waals surface area contributed by atoms with Crippen molar-refractivity contribution in [1.82, 2.24) is 19.9 Å². The Morgan fingerprint density at radius 1 is 1.43 bits per heavy atom. The lowest BCUT2D eigenvalue weighted by atomic mass is 10.2. The van der Waals surface area contributed by atoms with Crippen LogP contribution in [-0.2, 0) is 21.4 Å². The molecule has 1 aromatic carbocycles. The number of H-pyrrole nitrogens is 1. The van der Waals surface area contributed by atoms with Gasteiger partial charge < -0.3 is 5.11 Å². The van der Waals surface area contributed by atoms with E-state index in [1.807, 2.05) is 0 Å². The fourth-order valence-electron chi connectivity index (χ4n) is 1.52. The molecule has 1 heterocycles. The molecule has 0 bridgehead atoms. The molecule has 0 fully saturated rings. The zero-order valence-corrected chi connectivity index (χ0v) is 11.5. The minimum Gasteiger partial charge on any atom is -0.478 e. The number of benzene rings is 1. The van der Waals surface area contributed by atoms with Crippen LogP contribution in [0, 0.1) is 0 Å². The van der Waals surface area contributed by atoms with Gasteiger partial charge in [0.1, 0.15) is 12.2 Å². The van der Waals surface area contributed by atoms with Crippen molar-refractivity contribution in [2.24, 2.45) is 0 Å². The molecule has 2 aromatic rings. The Hall–Kier alpha value is -2.52. The van der Waals surface area contributed by atoms with Gasteiger partial charge in [-0.3, -0.25) is 5.10 Å². The van der Waals surface area contributed by atoms with E-state index in [1.54, 1.807) is 6.07 Å². The molecule has 0 unspecified atom stereocenters. The lowest BCUT2D eigenvalue weighted by molar-refractivity contribution is -0.131. The molecule has 1 aromatic heterocycles. The molecule has 0 spiro atoms. The van der Waals surface area contributed by atoms with Crippen molar-refractivity contribution in [1.29, 1.82) is 0 Å². The third kappa shape index (κ3) is 4.23. The van der Waals surface area contributed by atoms with Gasteiger partial charge in [0.2, 0.25) is 10.0 Å². The highest BCUT2D eigenvalue weighted by Gasteiger charge is 2.14. The van der Waals surface area contributed by atoms with Crippen molar-refractivity contribution in [3.05, 3.63) is 48.1 Å². The summed E-state index contributed by atoms with van der Waals surface area (Å²) in [6.45, 7) is -0.0163. The molecule has 9 heteroatoms. The van der Waals surface area contributed by atoms with E-state index in [4.69, 9.17) is 5.11 Å². The van der Waals surface area contributed by atoms with Crippen LogP contribution in [0.2, 0.25) is 0 Å². The Balaban J connectivity index is 2.16. The average molecular weight is 308 g/mol. The molecule has 0 saturated carbocycles. The van der Waals surface area contributed by atoms with Gasteiger partial charge in [-0.1, -0.05) is 12.1 Å². The number of carboxylic acid groups (broad SMARTS) is 1. The molecule has 0 radical (unpaired) electrons. The monoisotopic (exact) mass is 308 g/mol. The highest BCUT2D eigenvalue weighted by atomic mass is 32.2. The van der Waals surface area contributed by atoms with Crippen LogP contribution in [0.5, 0.6) is 0 Å². The number of nitrogens with one attached hydrogen (secondary N) is 2. The average Bonchev–Trinajstić information content (AvgIpc) is 2.97. The summed E-state index contributed by atoms with van der Waals surface area (Å²) in [5.74, 6) is -0.716. The number of hydrogen-bond acceptors (Lipinski definition) is 5. The first kappa shape index (κ1) is 14.9. The third-order valence-corrected chi connectivity index (χ3v) is 3.88. The zero-order chi connectivity index (χ0) is 15.3. The first-order valence-corrected chi connectivity index (χ1v) is 7.31. The number of sulfonamides is 1. The predicted octanol–water partition coefficient (Wildman–Crippen LogP) is 0.381. The number of rotatable bonds is 6. The first-order chi connectivity index (χ1) is 9.97. The number of carbonyl (C=O) groups is 1. The molecule has 2 rings (SSSR count). The van der Waals surface area contributed by atoms with Crippen molar-refractivity contribution in [2.45, 2.75) is 11.4 Å². The molecule has 21 heavy (non-hydrogen) atoms. The maximum atomic E-state index is 12.1. The molecule has 0 saturated heterocycles. The van der Waals surface area contributed by atoms with Crippen LogP contribution in [0.15, 0.2) is 41.6 Å². The van der Waals surface area contributed by atoms with Crippen molar-refractivity contribution < 1.29 is 18.3 Å². The highest BCUT2D eigenvalue weighted by Crippen LogP contribution is 2.13. The molecule has 0 aliphatic heterocycles. The summed E-state index contributed by atoms with van der Waals surface area (Å²) in [5.41, 5.74) is 0.472. The molecule has 3 N–H and O–H groups in total. The predicted molar refractivity (Wildman–Crippen MR) is 73.5 cm³/mol. The summed E-state index contributed by atoms with van der Waals surface area (Å²) in [4.78, 5) is 14.3. The highest BCUT2D eigenvalue weighted by molar-refractivity contribution is 7.89. The summed E-state index contributed by atoms with van der Waals surface area (Å²) >= 11 is 0. The second kappa shape index (κ2) is 6.29. The number of carboxylic acids is 1. The van der Waals surface area contributed by atoms with Gasteiger partial charge in [-0.2, -0.15) is 5.10 Å². The Kier molecular flexibility index (Phi) is 4.45. The molecule has 110 valence electrons. The van der Waals surface area contributed by atoms with Gasteiger partial charge in [-0.05, 0) is 23.8 Å². The van der Waals surface area contributed by atoms with E-state index in [1.165, 1.54) is 30.6 Å². The molecular weight excluding hydrogens is 296 g/mol. The zero-order valence-electron chi connectivity index (χ0n) is 10.7. The van der Waals surface area contributed by atoms with E-state index in [2.05, 4.69) is 19.9 Å². The lowest BCUT2D eigenvalue weighted by Gasteiger charge is -2.06. The lowest BCUT2D eigenvalue weighted by Crippen LogP contribution is -2.23. The molecule has 0 aliphatic carbocycles. The van der Waals surface area contributed by atoms with E-state index < -0.39 is 16.0 Å². The topological polar surface area (TPSA) is 125 Å². The molecular formula is C12H12N4O4S. The van der Waals surface area contributed by atoms with E-state index in [0.29, 0.717) is 11.4 Å². The number of aliphatic carboxylic acids is 1. The normalized spacial score (nSPS) is 11.8. The van der Waals surface area contributed by atoms with Crippen LogP contribution in [0.25, 0.3) is 6.08 Å². The Morgan fingerprint density at radius 3 is 2.90 bits per heavy atom. The number of nitrogens with zero attached hydrogens (tertiary/aromatic N) is 2. The van der Waals surface area contributed by atoms with Crippen molar-refractivity contribution >= 4 is 22.1 Å². The van der Waals surface area contributed by atoms with Crippen LogP contribution in [0.1, 0.15) is 11.4 Å². The van der Waals surface area contributed by atoms with Crippen molar-refractivity contribution in [2.75, 3.05) is 0 Å². The van der Waals surface area contributed by atoms with Gasteiger partial charge in [0.05, 0.1) is 11.4 Å². The van der Waals surface area contributed by atoms with Gasteiger partial charge in [-0.25, -0.2) is 22.9 Å². The molecule has 0 atom stereocenters. The summed E-state index contributed by atoms with van der Waals surface area (Å²) < 4.78 is 26.6. The molecule has 0 aliphatic rings. The van der Waals surface area contributed by atoms with E-state index in [-0.39, 0.29) is 11.4 Å². The van der Waals surface area contributed by atoms with Gasteiger partial charge in [0, 0.05) is 6.08 Å². The first-order valence-electron chi connectivity index (χ1n) is 5.82. The summed E-state index contributed by atoms with van der Waals surface area (Å²) in [7, 11) is -3.72. The van der Waals surface area contributed by atoms with Gasteiger partial charge in [0.25, 0.3) is 0 Å². The fourth-order valence-corrected chi connectivity index (χ4v) is 2.56. The molecule has 8 nitrogen and oxygen atoms in total. The van der Waals surface area contributed by atoms with Gasteiger partial charge >= 0.3 is 5.97 Å². The standard InChI is InChI=1S/C12H12N4O4S/c17-12(18)5-4-9-2-1-3-10(6-9)21(19,20)15-7-11-13-8-14-16-11/h1-6,8,15H,7H2,(H,17,18)(H,13,14,16). The third-order valence-electron chi connectivity index (χ3n) is 2.48. The van der Waals surface area contributed by atoms with Crippen LogP contribution >= 0.6 is 0 Å². The van der Waals surface area contributed by atoms with Crippen LogP contribution < -0.4 is 4.72 Å². The minimum absolute atomic E-state index is 0.0163. The smallest absolute Gasteiger partial charge is 0.328 e. The second-order valence-electron chi connectivity index (χ2n) is 4.00. The van der Waals surface area contributed by atoms with E-state index in [9.17, 15) is 13.2 Å². The SMILES string of the molecule is O=C(O)C=Cc1cccc(S(=O)(=O)NCc2ncn[nH]2)c1. The number of aromatic amines is 1. The van der Waals surface area contributed by atoms with Crippen LogP contribution in [-0.4, -0.2) is 34.7 Å². The maximum Gasteiger partial charge on any atom is 0.328 e. The summed E-state index contributed by atoms with van der Waals surface area (Å²) in [6.07, 6.45) is 3.53.